The van der Waals surface area contributed by atoms with Crippen molar-refractivity contribution >= 4 is 11.9 Å². The van der Waals surface area contributed by atoms with E-state index in [9.17, 15) is 4.79 Å². The topological polar surface area (TPSA) is 70.6 Å². The van der Waals surface area contributed by atoms with E-state index >= 15 is 0 Å². The first-order valence-corrected chi connectivity index (χ1v) is 9.32. The van der Waals surface area contributed by atoms with Crippen LogP contribution in [0.1, 0.15) is 28.5 Å². The van der Waals surface area contributed by atoms with Crippen LogP contribution in [-0.2, 0) is 6.54 Å². The van der Waals surface area contributed by atoms with E-state index in [4.69, 9.17) is 4.74 Å². The Labute approximate surface area is 160 Å². The number of carbonyl (C=O) groups is 1. The van der Waals surface area contributed by atoms with Gasteiger partial charge in [0.15, 0.2) is 0 Å². The minimum Gasteiger partial charge on any atom is -0.497 e. The van der Waals surface area contributed by atoms with E-state index in [1.165, 1.54) is 0 Å². The van der Waals surface area contributed by atoms with Gasteiger partial charge in [-0.15, -0.1) is 0 Å². The number of nitrogens with zero attached hydrogens (tertiary/aromatic N) is 4. The van der Waals surface area contributed by atoms with E-state index in [1.54, 1.807) is 13.3 Å². The number of aromatic nitrogens is 2. The summed E-state index contributed by atoms with van der Waals surface area (Å²) in [6.07, 6.45) is 1.63. The molecule has 0 radical (unpaired) electrons. The van der Waals surface area contributed by atoms with E-state index < -0.39 is 0 Å². The summed E-state index contributed by atoms with van der Waals surface area (Å²) in [4.78, 5) is 26.1. The molecular weight excluding hydrogens is 342 g/mol. The highest BCUT2D eigenvalue weighted by Crippen LogP contribution is 2.15. The molecule has 0 atom stereocenters. The van der Waals surface area contributed by atoms with E-state index in [1.807, 2.05) is 31.2 Å². The number of amides is 1. The lowest BCUT2D eigenvalue weighted by Crippen LogP contribution is -2.46. The van der Waals surface area contributed by atoms with Gasteiger partial charge in [0.25, 0.3) is 5.91 Å². The summed E-state index contributed by atoms with van der Waals surface area (Å²) in [5, 5.41) is 2.93. The predicted molar refractivity (Wildman–Crippen MR) is 105 cm³/mol. The smallest absolute Gasteiger partial charge is 0.254 e. The van der Waals surface area contributed by atoms with Gasteiger partial charge < -0.3 is 19.9 Å². The Balaban J connectivity index is 1.60. The monoisotopic (exact) mass is 369 g/mol. The minimum absolute atomic E-state index is 0.161. The van der Waals surface area contributed by atoms with Crippen LogP contribution in [0.3, 0.4) is 0 Å². The molecule has 1 aliphatic heterocycles. The van der Waals surface area contributed by atoms with E-state index in [0.29, 0.717) is 23.8 Å². The molecule has 7 nitrogen and oxygen atoms in total. The molecule has 1 aromatic carbocycles. The molecule has 1 amide bonds. The number of anilines is 1. The molecule has 1 aromatic heterocycles. The number of carbonyl (C=O) groups excluding carboxylic acids is 1. The average Bonchev–Trinajstić information content (AvgIpc) is 2.72. The Bertz CT molecular complexity index is 770. The Morgan fingerprint density at radius 1 is 1.19 bits per heavy atom. The van der Waals surface area contributed by atoms with E-state index in [0.717, 1.165) is 44.0 Å². The molecule has 0 bridgehead atoms. The number of nitrogens with one attached hydrogen (secondary N) is 1. The number of benzene rings is 1. The van der Waals surface area contributed by atoms with E-state index in [-0.39, 0.29) is 5.91 Å². The van der Waals surface area contributed by atoms with Gasteiger partial charge in [0.1, 0.15) is 5.75 Å². The predicted octanol–water partition coefficient (Wildman–Crippen LogP) is 1.87. The van der Waals surface area contributed by atoms with Crippen molar-refractivity contribution in [2.24, 2.45) is 0 Å². The SMILES string of the molecule is CCN1CCN(c2ncc(C(=O)NCc3ccc(OC)cc3)c(C)n2)CC1. The second-order valence-electron chi connectivity index (χ2n) is 6.62. The number of rotatable bonds is 6. The van der Waals surface area contributed by atoms with Crippen LogP contribution in [0, 0.1) is 6.92 Å². The molecule has 0 saturated carbocycles. The first-order chi connectivity index (χ1) is 13.1. The summed E-state index contributed by atoms with van der Waals surface area (Å²) >= 11 is 0. The molecule has 1 saturated heterocycles. The van der Waals surface area contributed by atoms with Crippen molar-refractivity contribution in [3.8, 4) is 5.75 Å². The fraction of sp³-hybridized carbons (Fsp3) is 0.450. The van der Waals surface area contributed by atoms with Gasteiger partial charge in [-0.2, -0.15) is 0 Å². The number of likely N-dealkylation sites (N-methyl/N-ethyl adjacent to an activating group) is 1. The van der Waals surface area contributed by atoms with Crippen LogP contribution in [-0.4, -0.2) is 60.6 Å². The number of methoxy groups -OCH3 is 1. The number of hydrogen-bond acceptors (Lipinski definition) is 6. The fourth-order valence-electron chi connectivity index (χ4n) is 3.12. The second kappa shape index (κ2) is 8.81. The second-order valence-corrected chi connectivity index (χ2v) is 6.62. The minimum atomic E-state index is -0.161. The largest absolute Gasteiger partial charge is 0.497 e. The highest BCUT2D eigenvalue weighted by Gasteiger charge is 2.19. The molecule has 144 valence electrons. The summed E-state index contributed by atoms with van der Waals surface area (Å²) in [6.45, 7) is 9.41. The van der Waals surface area contributed by atoms with Crippen LogP contribution in [0.4, 0.5) is 5.95 Å². The van der Waals surface area contributed by atoms with Crippen molar-refractivity contribution in [3.63, 3.8) is 0 Å². The van der Waals surface area contributed by atoms with Crippen molar-refractivity contribution in [1.29, 1.82) is 0 Å². The molecule has 0 aliphatic carbocycles. The van der Waals surface area contributed by atoms with Gasteiger partial charge >= 0.3 is 0 Å². The lowest BCUT2D eigenvalue weighted by molar-refractivity contribution is 0.0949. The molecular formula is C20H27N5O2. The van der Waals surface area contributed by atoms with Crippen LogP contribution in [0.5, 0.6) is 5.75 Å². The Morgan fingerprint density at radius 2 is 1.89 bits per heavy atom. The molecule has 1 fully saturated rings. The molecule has 1 aliphatic rings. The lowest BCUT2D eigenvalue weighted by atomic mass is 10.2. The standard InChI is InChI=1S/C20H27N5O2/c1-4-24-9-11-25(12-10-24)20-22-14-18(15(2)23-20)19(26)21-13-16-5-7-17(27-3)8-6-16/h5-8,14H,4,9-13H2,1-3H3,(H,21,26). The molecule has 1 N–H and O–H groups in total. The number of aryl methyl sites for hydroxylation is 1. The van der Waals surface area contributed by atoms with Crippen LogP contribution < -0.4 is 15.0 Å². The maximum Gasteiger partial charge on any atom is 0.254 e. The van der Waals surface area contributed by atoms with Crippen LogP contribution in [0.25, 0.3) is 0 Å². The lowest BCUT2D eigenvalue weighted by Gasteiger charge is -2.34. The molecule has 2 aromatic rings. The van der Waals surface area contributed by atoms with Crippen molar-refractivity contribution in [3.05, 3.63) is 47.3 Å². The van der Waals surface area contributed by atoms with Crippen LogP contribution in [0.2, 0.25) is 0 Å². The third kappa shape index (κ3) is 4.74. The molecule has 3 rings (SSSR count). The molecule has 7 heteroatoms. The average molecular weight is 369 g/mol. The summed E-state index contributed by atoms with van der Waals surface area (Å²) < 4.78 is 5.14. The first kappa shape index (κ1) is 19.1. The highest BCUT2D eigenvalue weighted by molar-refractivity contribution is 5.94. The summed E-state index contributed by atoms with van der Waals surface area (Å²) in [5.41, 5.74) is 2.22. The summed E-state index contributed by atoms with van der Waals surface area (Å²) in [5.74, 6) is 1.34. The third-order valence-electron chi connectivity index (χ3n) is 4.93. The number of piperazine rings is 1. The highest BCUT2D eigenvalue weighted by atomic mass is 16.5. The van der Waals surface area contributed by atoms with Gasteiger partial charge in [-0.25, -0.2) is 9.97 Å². The van der Waals surface area contributed by atoms with Crippen LogP contribution in [0.15, 0.2) is 30.5 Å². The summed E-state index contributed by atoms with van der Waals surface area (Å²) in [7, 11) is 1.63. The Morgan fingerprint density at radius 3 is 2.48 bits per heavy atom. The first-order valence-electron chi connectivity index (χ1n) is 9.32. The fourth-order valence-corrected chi connectivity index (χ4v) is 3.12. The maximum absolute atomic E-state index is 12.5. The zero-order chi connectivity index (χ0) is 19.2. The molecule has 0 unspecified atom stereocenters. The molecule has 27 heavy (non-hydrogen) atoms. The number of ether oxygens (including phenoxy) is 1. The molecule has 0 spiro atoms. The van der Waals surface area contributed by atoms with Crippen molar-refractivity contribution in [1.82, 2.24) is 20.2 Å². The van der Waals surface area contributed by atoms with Gasteiger partial charge in [0.2, 0.25) is 5.95 Å². The van der Waals surface area contributed by atoms with Crippen molar-refractivity contribution in [2.75, 3.05) is 44.7 Å². The van der Waals surface area contributed by atoms with Crippen molar-refractivity contribution < 1.29 is 9.53 Å². The Hall–Kier alpha value is -2.67. The van der Waals surface area contributed by atoms with Gasteiger partial charge in [0, 0.05) is 38.9 Å². The normalized spacial score (nSPS) is 14.9. The quantitative estimate of drug-likeness (QED) is 0.838. The van der Waals surface area contributed by atoms with Crippen LogP contribution >= 0.6 is 0 Å². The zero-order valence-corrected chi connectivity index (χ0v) is 16.2. The maximum atomic E-state index is 12.5. The van der Waals surface area contributed by atoms with Gasteiger partial charge in [-0.1, -0.05) is 19.1 Å². The molecule has 2 heterocycles. The van der Waals surface area contributed by atoms with Gasteiger partial charge in [-0.3, -0.25) is 4.79 Å². The zero-order valence-electron chi connectivity index (χ0n) is 16.2. The number of hydrogen-bond donors (Lipinski definition) is 1. The van der Waals surface area contributed by atoms with Gasteiger partial charge in [0.05, 0.1) is 18.4 Å². The third-order valence-corrected chi connectivity index (χ3v) is 4.93. The van der Waals surface area contributed by atoms with Crippen molar-refractivity contribution in [2.45, 2.75) is 20.4 Å². The summed E-state index contributed by atoms with van der Waals surface area (Å²) in [6, 6.07) is 7.62. The van der Waals surface area contributed by atoms with Gasteiger partial charge in [-0.05, 0) is 31.2 Å². The Kier molecular flexibility index (Phi) is 6.24. The van der Waals surface area contributed by atoms with E-state index in [2.05, 4.69) is 32.0 Å².